The SMILES string of the molecule is COc1cc(NS(=O)(=O)c2cccnc2Cl)cnc1N(C)C(=O)O. The zero-order chi connectivity index (χ0) is 17.9. The van der Waals surface area contributed by atoms with Gasteiger partial charge in [-0.1, -0.05) is 11.6 Å². The van der Waals surface area contributed by atoms with Gasteiger partial charge in [0.15, 0.2) is 11.6 Å². The summed E-state index contributed by atoms with van der Waals surface area (Å²) in [6.07, 6.45) is 1.29. The standard InChI is InChI=1S/C13H13ClN4O5S/c1-18(13(19)20)12-9(23-2)6-8(7-16-12)17-24(21,22)10-4-3-5-15-11(10)14/h3-7,17H,1-2H3,(H,19,20). The number of ether oxygens (including phenoxy) is 1. The number of anilines is 2. The lowest BCUT2D eigenvalue weighted by Crippen LogP contribution is -2.25. The van der Waals surface area contributed by atoms with Crippen molar-refractivity contribution in [3.63, 3.8) is 0 Å². The summed E-state index contributed by atoms with van der Waals surface area (Å²) >= 11 is 5.79. The van der Waals surface area contributed by atoms with Crippen molar-refractivity contribution in [3.05, 3.63) is 35.7 Å². The van der Waals surface area contributed by atoms with Crippen molar-refractivity contribution in [2.45, 2.75) is 4.90 Å². The van der Waals surface area contributed by atoms with Crippen LogP contribution in [0.1, 0.15) is 0 Å². The van der Waals surface area contributed by atoms with Crippen LogP contribution in [0.15, 0.2) is 35.5 Å². The monoisotopic (exact) mass is 372 g/mol. The molecule has 2 heterocycles. The number of nitrogens with one attached hydrogen (secondary N) is 1. The fourth-order valence-electron chi connectivity index (χ4n) is 1.77. The molecule has 2 rings (SSSR count). The van der Waals surface area contributed by atoms with Gasteiger partial charge in [-0.05, 0) is 12.1 Å². The summed E-state index contributed by atoms with van der Waals surface area (Å²) in [4.78, 5) is 19.3. The van der Waals surface area contributed by atoms with Crippen LogP contribution in [-0.4, -0.2) is 43.7 Å². The van der Waals surface area contributed by atoms with Gasteiger partial charge in [-0.15, -0.1) is 0 Å². The topological polar surface area (TPSA) is 122 Å². The molecule has 0 saturated carbocycles. The van der Waals surface area contributed by atoms with E-state index in [-0.39, 0.29) is 27.3 Å². The summed E-state index contributed by atoms with van der Waals surface area (Å²) in [5.74, 6) is 0.102. The molecule has 0 aliphatic rings. The van der Waals surface area contributed by atoms with Crippen LogP contribution in [0, 0.1) is 0 Å². The van der Waals surface area contributed by atoms with Gasteiger partial charge in [0.2, 0.25) is 0 Å². The average Bonchev–Trinajstić information content (AvgIpc) is 2.53. The van der Waals surface area contributed by atoms with Crippen molar-refractivity contribution in [3.8, 4) is 5.75 Å². The molecule has 0 spiro atoms. The minimum atomic E-state index is -3.99. The third-order valence-corrected chi connectivity index (χ3v) is 4.75. The average molecular weight is 373 g/mol. The van der Waals surface area contributed by atoms with Crippen molar-refractivity contribution >= 4 is 39.2 Å². The summed E-state index contributed by atoms with van der Waals surface area (Å²) in [7, 11) is -1.39. The van der Waals surface area contributed by atoms with Crippen molar-refractivity contribution in [1.29, 1.82) is 0 Å². The molecule has 0 radical (unpaired) electrons. The van der Waals surface area contributed by atoms with E-state index in [4.69, 9.17) is 21.4 Å². The first kappa shape index (κ1) is 17.8. The molecular weight excluding hydrogens is 360 g/mol. The van der Waals surface area contributed by atoms with Gasteiger partial charge in [-0.3, -0.25) is 9.62 Å². The van der Waals surface area contributed by atoms with E-state index >= 15 is 0 Å². The van der Waals surface area contributed by atoms with Crippen molar-refractivity contribution < 1.29 is 23.1 Å². The van der Waals surface area contributed by atoms with Gasteiger partial charge in [-0.2, -0.15) is 0 Å². The number of hydrogen-bond acceptors (Lipinski definition) is 6. The van der Waals surface area contributed by atoms with Gasteiger partial charge >= 0.3 is 6.09 Å². The molecule has 0 aliphatic heterocycles. The molecule has 0 bridgehead atoms. The molecule has 24 heavy (non-hydrogen) atoms. The molecule has 0 saturated heterocycles. The molecule has 0 aliphatic carbocycles. The number of rotatable bonds is 5. The van der Waals surface area contributed by atoms with Gasteiger partial charge in [0.1, 0.15) is 10.0 Å². The Bertz CT molecular complexity index is 874. The minimum absolute atomic E-state index is 0.0207. The van der Waals surface area contributed by atoms with E-state index in [0.29, 0.717) is 0 Å². The maximum Gasteiger partial charge on any atom is 0.412 e. The number of carboxylic acid groups (broad SMARTS) is 1. The largest absolute Gasteiger partial charge is 0.493 e. The highest BCUT2D eigenvalue weighted by Gasteiger charge is 2.21. The maximum absolute atomic E-state index is 12.3. The van der Waals surface area contributed by atoms with Crippen LogP contribution in [-0.2, 0) is 10.0 Å². The molecule has 2 aromatic rings. The van der Waals surface area contributed by atoms with E-state index < -0.39 is 16.1 Å². The Hall–Kier alpha value is -2.59. The van der Waals surface area contributed by atoms with Gasteiger partial charge in [0.25, 0.3) is 10.0 Å². The lowest BCUT2D eigenvalue weighted by molar-refractivity contribution is 0.203. The number of pyridine rings is 2. The highest BCUT2D eigenvalue weighted by Crippen LogP contribution is 2.29. The number of sulfonamides is 1. The predicted octanol–water partition coefficient (Wildman–Crippen LogP) is 2.05. The van der Waals surface area contributed by atoms with Gasteiger partial charge < -0.3 is 9.84 Å². The third kappa shape index (κ3) is 3.66. The van der Waals surface area contributed by atoms with Crippen LogP contribution in [0.25, 0.3) is 0 Å². The predicted molar refractivity (Wildman–Crippen MR) is 87.3 cm³/mol. The molecule has 0 aromatic carbocycles. The smallest absolute Gasteiger partial charge is 0.412 e. The molecule has 1 amide bonds. The van der Waals surface area contributed by atoms with E-state index in [2.05, 4.69) is 14.7 Å². The van der Waals surface area contributed by atoms with Crippen LogP contribution in [0.2, 0.25) is 5.15 Å². The lowest BCUT2D eigenvalue weighted by atomic mass is 10.3. The second-order valence-electron chi connectivity index (χ2n) is 4.49. The number of hydrogen-bond donors (Lipinski definition) is 2. The molecule has 0 fully saturated rings. The Morgan fingerprint density at radius 3 is 2.71 bits per heavy atom. The molecule has 2 N–H and O–H groups in total. The Labute approximate surface area is 142 Å². The minimum Gasteiger partial charge on any atom is -0.493 e. The summed E-state index contributed by atoms with van der Waals surface area (Å²) in [5, 5.41) is 8.81. The molecule has 0 unspecified atom stereocenters. The maximum atomic E-state index is 12.3. The quantitative estimate of drug-likeness (QED) is 0.770. The number of nitrogens with zero attached hydrogens (tertiary/aromatic N) is 3. The fraction of sp³-hybridized carbons (Fsp3) is 0.154. The van der Waals surface area contributed by atoms with Crippen LogP contribution < -0.4 is 14.4 Å². The lowest BCUT2D eigenvalue weighted by Gasteiger charge is -2.16. The first-order valence-corrected chi connectivity index (χ1v) is 8.26. The Balaban J connectivity index is 2.37. The summed E-state index contributed by atoms with van der Waals surface area (Å²) in [6.45, 7) is 0. The van der Waals surface area contributed by atoms with E-state index in [1.165, 1.54) is 44.8 Å². The zero-order valence-electron chi connectivity index (χ0n) is 12.6. The van der Waals surface area contributed by atoms with Crippen molar-refractivity contribution in [1.82, 2.24) is 9.97 Å². The number of methoxy groups -OCH3 is 1. The summed E-state index contributed by atoms with van der Waals surface area (Å²) in [5.41, 5.74) is 0.0781. The van der Waals surface area contributed by atoms with Crippen molar-refractivity contribution in [2.75, 3.05) is 23.8 Å². The second-order valence-corrected chi connectivity index (χ2v) is 6.50. The molecule has 0 atom stereocenters. The first-order chi connectivity index (χ1) is 11.3. The number of halogens is 1. The Morgan fingerprint density at radius 2 is 2.12 bits per heavy atom. The van der Waals surface area contributed by atoms with Crippen LogP contribution >= 0.6 is 11.6 Å². The molecule has 128 valence electrons. The van der Waals surface area contributed by atoms with Crippen LogP contribution in [0.3, 0.4) is 0 Å². The van der Waals surface area contributed by atoms with E-state index in [1.54, 1.807) is 0 Å². The number of amides is 1. The van der Waals surface area contributed by atoms with Gasteiger partial charge in [0, 0.05) is 19.3 Å². The Kier molecular flexibility index (Phi) is 5.10. The van der Waals surface area contributed by atoms with Gasteiger partial charge in [0.05, 0.1) is 19.0 Å². The first-order valence-electron chi connectivity index (χ1n) is 6.40. The zero-order valence-corrected chi connectivity index (χ0v) is 14.2. The van der Waals surface area contributed by atoms with Crippen molar-refractivity contribution in [2.24, 2.45) is 0 Å². The fourth-order valence-corrected chi connectivity index (χ4v) is 3.26. The normalized spacial score (nSPS) is 11.0. The van der Waals surface area contributed by atoms with Gasteiger partial charge in [-0.25, -0.2) is 23.2 Å². The number of aromatic nitrogens is 2. The van der Waals surface area contributed by atoms with Crippen LogP contribution in [0.5, 0.6) is 5.75 Å². The van der Waals surface area contributed by atoms with E-state index in [9.17, 15) is 13.2 Å². The van der Waals surface area contributed by atoms with E-state index in [0.717, 1.165) is 4.90 Å². The summed E-state index contributed by atoms with van der Waals surface area (Å²) < 4.78 is 32.0. The van der Waals surface area contributed by atoms with Crippen LogP contribution in [0.4, 0.5) is 16.3 Å². The highest BCUT2D eigenvalue weighted by atomic mass is 35.5. The third-order valence-electron chi connectivity index (χ3n) is 2.92. The summed E-state index contributed by atoms with van der Waals surface area (Å²) in [6, 6.07) is 4.04. The second kappa shape index (κ2) is 6.89. The van der Waals surface area contributed by atoms with E-state index in [1.807, 2.05) is 0 Å². The highest BCUT2D eigenvalue weighted by molar-refractivity contribution is 7.92. The molecule has 2 aromatic heterocycles. The molecule has 9 nitrogen and oxygen atoms in total. The molecule has 11 heteroatoms. The number of carbonyl (C=O) groups is 1. The Morgan fingerprint density at radius 1 is 1.42 bits per heavy atom. The molecular formula is C13H13ClN4O5S.